The van der Waals surface area contributed by atoms with Crippen LogP contribution in [0.1, 0.15) is 63.0 Å². The lowest BCUT2D eigenvalue weighted by atomic mass is 9.92. The molecule has 3 rings (SSSR count). The third-order valence-electron chi connectivity index (χ3n) is 4.87. The van der Waals surface area contributed by atoms with E-state index in [9.17, 15) is 0 Å². The summed E-state index contributed by atoms with van der Waals surface area (Å²) in [5.41, 5.74) is 3.44. The van der Waals surface area contributed by atoms with Gasteiger partial charge in [0.15, 0.2) is 11.5 Å². The van der Waals surface area contributed by atoms with Gasteiger partial charge in [0, 0.05) is 0 Å². The third-order valence-corrected chi connectivity index (χ3v) is 4.87. The van der Waals surface area contributed by atoms with Gasteiger partial charge in [0.05, 0.1) is 6.04 Å². The van der Waals surface area contributed by atoms with E-state index in [-0.39, 0.29) is 6.04 Å². The Bertz CT molecular complexity index is 835. The SMILES string of the molecule is CCC(C)c1ccc(C(Nc2ccc3nnc(C)n3n2)C(C)C)cc1. The van der Waals surface area contributed by atoms with Crippen LogP contribution < -0.4 is 5.32 Å². The Balaban J connectivity index is 1.86. The molecule has 0 aliphatic rings. The Morgan fingerprint density at radius 1 is 0.960 bits per heavy atom. The Morgan fingerprint density at radius 2 is 1.64 bits per heavy atom. The highest BCUT2D eigenvalue weighted by Crippen LogP contribution is 2.28. The summed E-state index contributed by atoms with van der Waals surface area (Å²) in [5, 5.41) is 16.4. The largest absolute Gasteiger partial charge is 0.362 e. The summed E-state index contributed by atoms with van der Waals surface area (Å²) in [6.07, 6.45) is 1.16. The number of nitrogens with zero attached hydrogens (tertiary/aromatic N) is 4. The second-order valence-electron chi connectivity index (χ2n) is 7.08. The van der Waals surface area contributed by atoms with E-state index < -0.39 is 0 Å². The predicted molar refractivity (Wildman–Crippen MR) is 102 cm³/mol. The molecule has 1 N–H and O–H groups in total. The van der Waals surface area contributed by atoms with E-state index in [2.05, 4.69) is 72.6 Å². The molecule has 0 saturated carbocycles. The van der Waals surface area contributed by atoms with Crippen LogP contribution in [0.3, 0.4) is 0 Å². The highest BCUT2D eigenvalue weighted by atomic mass is 15.4. The summed E-state index contributed by atoms with van der Waals surface area (Å²) < 4.78 is 1.77. The fraction of sp³-hybridized carbons (Fsp3) is 0.450. The van der Waals surface area contributed by atoms with Crippen molar-refractivity contribution in [2.75, 3.05) is 5.32 Å². The molecule has 5 heteroatoms. The summed E-state index contributed by atoms with van der Waals surface area (Å²) in [6, 6.07) is 13.1. The van der Waals surface area contributed by atoms with E-state index >= 15 is 0 Å². The van der Waals surface area contributed by atoms with Crippen LogP contribution in [-0.4, -0.2) is 19.8 Å². The number of nitrogens with one attached hydrogen (secondary N) is 1. The van der Waals surface area contributed by atoms with Crippen molar-refractivity contribution >= 4 is 11.5 Å². The predicted octanol–water partition coefficient (Wildman–Crippen LogP) is 4.76. The summed E-state index contributed by atoms with van der Waals surface area (Å²) in [7, 11) is 0. The Morgan fingerprint density at radius 3 is 2.28 bits per heavy atom. The quantitative estimate of drug-likeness (QED) is 0.705. The van der Waals surface area contributed by atoms with E-state index in [1.165, 1.54) is 11.1 Å². The van der Waals surface area contributed by atoms with Gasteiger partial charge in [-0.1, -0.05) is 52.0 Å². The lowest BCUT2D eigenvalue weighted by Gasteiger charge is -2.24. The van der Waals surface area contributed by atoms with Crippen molar-refractivity contribution in [2.45, 2.75) is 53.0 Å². The number of aryl methyl sites for hydroxylation is 1. The van der Waals surface area contributed by atoms with Crippen LogP contribution in [0.2, 0.25) is 0 Å². The van der Waals surface area contributed by atoms with Crippen LogP contribution >= 0.6 is 0 Å². The molecule has 0 aliphatic heterocycles. The van der Waals surface area contributed by atoms with Gasteiger partial charge >= 0.3 is 0 Å². The molecule has 3 aromatic rings. The minimum Gasteiger partial charge on any atom is -0.362 e. The normalized spacial score (nSPS) is 14.0. The zero-order chi connectivity index (χ0) is 18.0. The molecule has 0 saturated heterocycles. The molecule has 5 nitrogen and oxygen atoms in total. The molecule has 0 amide bonds. The molecule has 25 heavy (non-hydrogen) atoms. The second-order valence-corrected chi connectivity index (χ2v) is 7.08. The number of hydrogen-bond donors (Lipinski definition) is 1. The molecule has 0 radical (unpaired) electrons. The van der Waals surface area contributed by atoms with E-state index in [4.69, 9.17) is 0 Å². The Labute approximate surface area is 149 Å². The average Bonchev–Trinajstić information content (AvgIpc) is 2.99. The second kappa shape index (κ2) is 7.21. The number of anilines is 1. The van der Waals surface area contributed by atoms with Crippen LogP contribution in [-0.2, 0) is 0 Å². The van der Waals surface area contributed by atoms with Gasteiger partial charge in [-0.2, -0.15) is 4.52 Å². The summed E-state index contributed by atoms with van der Waals surface area (Å²) in [6.45, 7) is 10.9. The standard InChI is InChI=1S/C20H27N5/c1-6-14(4)16-7-9-17(10-8-16)20(13(2)3)21-18-11-12-19-23-22-15(5)25(19)24-18/h7-14,20H,6H2,1-5H3,(H,21,24). The van der Waals surface area contributed by atoms with Crippen molar-refractivity contribution < 1.29 is 0 Å². The molecule has 2 atom stereocenters. The zero-order valence-corrected chi connectivity index (χ0v) is 15.7. The van der Waals surface area contributed by atoms with Gasteiger partial charge < -0.3 is 5.32 Å². The lowest BCUT2D eigenvalue weighted by molar-refractivity contribution is 0.543. The lowest BCUT2D eigenvalue weighted by Crippen LogP contribution is -2.18. The van der Waals surface area contributed by atoms with E-state index in [1.807, 2.05) is 19.1 Å². The monoisotopic (exact) mass is 337 g/mol. The third kappa shape index (κ3) is 3.65. The molecule has 0 bridgehead atoms. The highest BCUT2D eigenvalue weighted by molar-refractivity contribution is 5.45. The summed E-state index contributed by atoms with van der Waals surface area (Å²) >= 11 is 0. The van der Waals surface area contributed by atoms with Gasteiger partial charge in [0.1, 0.15) is 5.82 Å². The molecule has 2 heterocycles. The molecule has 0 aliphatic carbocycles. The van der Waals surface area contributed by atoms with Crippen LogP contribution in [0.15, 0.2) is 36.4 Å². The smallest absolute Gasteiger partial charge is 0.178 e. The van der Waals surface area contributed by atoms with Gasteiger partial charge in [-0.05, 0) is 48.4 Å². The first kappa shape index (κ1) is 17.4. The fourth-order valence-corrected chi connectivity index (χ4v) is 3.03. The van der Waals surface area contributed by atoms with Crippen LogP contribution in [0.25, 0.3) is 5.65 Å². The first-order valence-corrected chi connectivity index (χ1v) is 9.05. The van der Waals surface area contributed by atoms with Gasteiger partial charge in [-0.15, -0.1) is 15.3 Å². The first-order valence-electron chi connectivity index (χ1n) is 9.05. The van der Waals surface area contributed by atoms with Crippen LogP contribution in [0.5, 0.6) is 0 Å². The minimum atomic E-state index is 0.202. The molecular formula is C20H27N5. The van der Waals surface area contributed by atoms with E-state index in [1.54, 1.807) is 4.52 Å². The van der Waals surface area contributed by atoms with Crippen molar-refractivity contribution in [3.05, 3.63) is 53.3 Å². The van der Waals surface area contributed by atoms with Crippen molar-refractivity contribution in [1.82, 2.24) is 19.8 Å². The van der Waals surface area contributed by atoms with Crippen molar-refractivity contribution in [3.63, 3.8) is 0 Å². The summed E-state index contributed by atoms with van der Waals surface area (Å²) in [5.74, 6) is 2.66. The maximum atomic E-state index is 4.62. The maximum absolute atomic E-state index is 4.62. The minimum absolute atomic E-state index is 0.202. The van der Waals surface area contributed by atoms with Crippen LogP contribution in [0, 0.1) is 12.8 Å². The molecular weight excluding hydrogens is 310 g/mol. The first-order chi connectivity index (χ1) is 12.0. The molecule has 132 valence electrons. The van der Waals surface area contributed by atoms with Crippen molar-refractivity contribution in [2.24, 2.45) is 5.92 Å². The summed E-state index contributed by atoms with van der Waals surface area (Å²) in [4.78, 5) is 0. The average molecular weight is 337 g/mol. The molecule has 0 spiro atoms. The number of rotatable bonds is 6. The fourth-order valence-electron chi connectivity index (χ4n) is 3.03. The topological polar surface area (TPSA) is 55.1 Å². The number of hydrogen-bond acceptors (Lipinski definition) is 4. The van der Waals surface area contributed by atoms with Crippen molar-refractivity contribution in [3.8, 4) is 0 Å². The molecule has 2 aromatic heterocycles. The van der Waals surface area contributed by atoms with E-state index in [0.29, 0.717) is 11.8 Å². The Kier molecular flexibility index (Phi) is 5.02. The van der Waals surface area contributed by atoms with Gasteiger partial charge in [0.2, 0.25) is 0 Å². The number of fused-ring (bicyclic) bond motifs is 1. The molecule has 0 fully saturated rings. The zero-order valence-electron chi connectivity index (χ0n) is 15.7. The maximum Gasteiger partial charge on any atom is 0.178 e. The molecule has 1 aromatic carbocycles. The van der Waals surface area contributed by atoms with E-state index in [0.717, 1.165) is 23.7 Å². The van der Waals surface area contributed by atoms with Crippen LogP contribution in [0.4, 0.5) is 5.82 Å². The molecule has 2 unspecified atom stereocenters. The number of benzene rings is 1. The van der Waals surface area contributed by atoms with Crippen molar-refractivity contribution in [1.29, 1.82) is 0 Å². The Hall–Kier alpha value is -2.43. The highest BCUT2D eigenvalue weighted by Gasteiger charge is 2.17. The van der Waals surface area contributed by atoms with Gasteiger partial charge in [0.25, 0.3) is 0 Å². The number of aromatic nitrogens is 4. The van der Waals surface area contributed by atoms with Gasteiger partial charge in [-0.25, -0.2) is 0 Å². The van der Waals surface area contributed by atoms with Gasteiger partial charge in [-0.3, -0.25) is 0 Å².